The molecule has 1 saturated carbocycles. The molecule has 6 heteroatoms. The zero-order valence-corrected chi connectivity index (χ0v) is 11.5. The van der Waals surface area contributed by atoms with Gasteiger partial charge in [0.05, 0.1) is 16.9 Å². The minimum atomic E-state index is -0.629. The first-order chi connectivity index (χ1) is 8.45. The molecule has 2 rings (SSSR count). The fourth-order valence-electron chi connectivity index (χ4n) is 2.66. The van der Waals surface area contributed by atoms with Gasteiger partial charge < -0.3 is 15.6 Å². The summed E-state index contributed by atoms with van der Waals surface area (Å²) >= 11 is 5.08. The first kappa shape index (κ1) is 13.0. The molecule has 0 aromatic carbocycles. The second-order valence-electron chi connectivity index (χ2n) is 5.16. The standard InChI is InChI=1S/C12H18N4OS/c1-8-5-12(6-8,10(13)18)11(17)16(2)7-9-14-3-4-15-9/h3-4,8H,5-7H2,1-2H3,(H2,13,18)(H,14,15). The van der Waals surface area contributed by atoms with Crippen molar-refractivity contribution in [1.82, 2.24) is 14.9 Å². The number of carbonyl (C=O) groups excluding carboxylic acids is 1. The van der Waals surface area contributed by atoms with Crippen molar-refractivity contribution >= 4 is 23.1 Å². The van der Waals surface area contributed by atoms with Crippen LogP contribution in [0.4, 0.5) is 0 Å². The average Bonchev–Trinajstić information content (AvgIpc) is 2.75. The summed E-state index contributed by atoms with van der Waals surface area (Å²) in [5, 5.41) is 0. The summed E-state index contributed by atoms with van der Waals surface area (Å²) in [7, 11) is 1.76. The van der Waals surface area contributed by atoms with E-state index in [0.717, 1.165) is 18.7 Å². The molecule has 18 heavy (non-hydrogen) atoms. The number of nitrogens with two attached hydrogens (primary N) is 1. The molecule has 1 aromatic heterocycles. The van der Waals surface area contributed by atoms with E-state index in [1.807, 2.05) is 0 Å². The molecule has 1 amide bonds. The molecule has 98 valence electrons. The van der Waals surface area contributed by atoms with Crippen LogP contribution in [0, 0.1) is 11.3 Å². The normalized spacial score (nSPS) is 26.4. The van der Waals surface area contributed by atoms with E-state index in [2.05, 4.69) is 16.9 Å². The Morgan fingerprint density at radius 3 is 2.83 bits per heavy atom. The van der Waals surface area contributed by atoms with Gasteiger partial charge in [-0.05, 0) is 18.8 Å². The predicted octanol–water partition coefficient (Wildman–Crippen LogP) is 1.07. The van der Waals surface area contributed by atoms with Gasteiger partial charge in [-0.25, -0.2) is 4.98 Å². The summed E-state index contributed by atoms with van der Waals surface area (Å²) in [4.78, 5) is 21.5. The van der Waals surface area contributed by atoms with Gasteiger partial charge in [0, 0.05) is 19.4 Å². The molecule has 0 saturated heterocycles. The highest BCUT2D eigenvalue weighted by Gasteiger charge is 2.51. The molecule has 0 spiro atoms. The van der Waals surface area contributed by atoms with Gasteiger partial charge >= 0.3 is 0 Å². The van der Waals surface area contributed by atoms with E-state index in [-0.39, 0.29) is 5.91 Å². The highest BCUT2D eigenvalue weighted by molar-refractivity contribution is 7.80. The van der Waals surface area contributed by atoms with Crippen LogP contribution < -0.4 is 5.73 Å². The summed E-state index contributed by atoms with van der Waals surface area (Å²) in [6, 6.07) is 0. The van der Waals surface area contributed by atoms with Crippen molar-refractivity contribution in [3.8, 4) is 0 Å². The van der Waals surface area contributed by atoms with Gasteiger partial charge in [0.1, 0.15) is 5.82 Å². The number of H-pyrrole nitrogens is 1. The molecule has 1 aromatic rings. The number of rotatable bonds is 4. The van der Waals surface area contributed by atoms with Gasteiger partial charge in [-0.1, -0.05) is 19.1 Å². The fourth-order valence-corrected chi connectivity index (χ4v) is 2.91. The first-order valence-electron chi connectivity index (χ1n) is 5.99. The SMILES string of the molecule is CC1CC(C(=O)N(C)Cc2ncc[nH]2)(C(N)=S)C1. The van der Waals surface area contributed by atoms with Crippen molar-refractivity contribution in [2.45, 2.75) is 26.3 Å². The van der Waals surface area contributed by atoms with E-state index in [4.69, 9.17) is 18.0 Å². The smallest absolute Gasteiger partial charge is 0.235 e. The summed E-state index contributed by atoms with van der Waals surface area (Å²) in [5.74, 6) is 1.27. The van der Waals surface area contributed by atoms with Crippen LogP contribution in [0.1, 0.15) is 25.6 Å². The number of carbonyl (C=O) groups is 1. The molecule has 0 bridgehead atoms. The number of aromatic amines is 1. The minimum Gasteiger partial charge on any atom is -0.392 e. The van der Waals surface area contributed by atoms with Crippen LogP contribution in [0.15, 0.2) is 12.4 Å². The van der Waals surface area contributed by atoms with Crippen LogP contribution >= 0.6 is 12.2 Å². The summed E-state index contributed by atoms with van der Waals surface area (Å²) < 4.78 is 0. The lowest BCUT2D eigenvalue weighted by Gasteiger charge is -2.45. The fraction of sp³-hybridized carbons (Fsp3) is 0.583. The number of imidazole rings is 1. The second-order valence-corrected chi connectivity index (χ2v) is 5.60. The van der Waals surface area contributed by atoms with E-state index < -0.39 is 5.41 Å². The summed E-state index contributed by atoms with van der Waals surface area (Å²) in [6.07, 6.45) is 4.91. The van der Waals surface area contributed by atoms with Gasteiger partial charge in [-0.2, -0.15) is 0 Å². The Morgan fingerprint density at radius 1 is 1.72 bits per heavy atom. The Balaban J connectivity index is 2.08. The monoisotopic (exact) mass is 266 g/mol. The molecule has 0 aliphatic heterocycles. The van der Waals surface area contributed by atoms with Crippen molar-refractivity contribution in [2.75, 3.05) is 7.05 Å². The topological polar surface area (TPSA) is 75.0 Å². The van der Waals surface area contributed by atoms with Crippen LogP contribution in [-0.4, -0.2) is 32.8 Å². The molecular formula is C12H18N4OS. The van der Waals surface area contributed by atoms with E-state index >= 15 is 0 Å². The quantitative estimate of drug-likeness (QED) is 0.799. The zero-order chi connectivity index (χ0) is 13.3. The van der Waals surface area contributed by atoms with E-state index in [0.29, 0.717) is 17.5 Å². The maximum Gasteiger partial charge on any atom is 0.235 e. The average molecular weight is 266 g/mol. The number of hydrogen-bond donors (Lipinski definition) is 2. The van der Waals surface area contributed by atoms with Crippen molar-refractivity contribution in [3.63, 3.8) is 0 Å². The third-order valence-corrected chi connectivity index (χ3v) is 3.95. The molecule has 5 nitrogen and oxygen atoms in total. The lowest BCUT2D eigenvalue weighted by molar-refractivity contribution is -0.143. The second kappa shape index (κ2) is 4.68. The van der Waals surface area contributed by atoms with Crippen LogP contribution in [0.3, 0.4) is 0 Å². The maximum absolute atomic E-state index is 12.5. The number of amides is 1. The lowest BCUT2D eigenvalue weighted by Crippen LogP contribution is -2.56. The predicted molar refractivity (Wildman–Crippen MR) is 72.7 cm³/mol. The Morgan fingerprint density at radius 2 is 2.39 bits per heavy atom. The number of nitrogens with one attached hydrogen (secondary N) is 1. The van der Waals surface area contributed by atoms with Crippen molar-refractivity contribution in [2.24, 2.45) is 17.1 Å². The molecule has 0 atom stereocenters. The van der Waals surface area contributed by atoms with Crippen LogP contribution in [-0.2, 0) is 11.3 Å². The van der Waals surface area contributed by atoms with Crippen LogP contribution in [0.5, 0.6) is 0 Å². The highest BCUT2D eigenvalue weighted by Crippen LogP contribution is 2.47. The van der Waals surface area contributed by atoms with Gasteiger partial charge in [-0.3, -0.25) is 4.79 Å². The van der Waals surface area contributed by atoms with Crippen LogP contribution in [0.25, 0.3) is 0 Å². The van der Waals surface area contributed by atoms with E-state index in [1.54, 1.807) is 24.3 Å². The highest BCUT2D eigenvalue weighted by atomic mass is 32.1. The molecule has 1 aliphatic rings. The molecule has 1 heterocycles. The molecule has 3 N–H and O–H groups in total. The Labute approximate surface area is 112 Å². The summed E-state index contributed by atoms with van der Waals surface area (Å²) in [5.41, 5.74) is 5.14. The number of aromatic nitrogens is 2. The Bertz CT molecular complexity index is 451. The zero-order valence-electron chi connectivity index (χ0n) is 10.6. The van der Waals surface area contributed by atoms with Gasteiger partial charge in [-0.15, -0.1) is 0 Å². The first-order valence-corrected chi connectivity index (χ1v) is 6.40. The molecule has 1 fully saturated rings. The minimum absolute atomic E-state index is 0.00417. The van der Waals surface area contributed by atoms with Gasteiger partial charge in [0.25, 0.3) is 0 Å². The van der Waals surface area contributed by atoms with Crippen molar-refractivity contribution in [1.29, 1.82) is 0 Å². The van der Waals surface area contributed by atoms with E-state index in [9.17, 15) is 4.79 Å². The van der Waals surface area contributed by atoms with E-state index in [1.165, 1.54) is 0 Å². The third kappa shape index (κ3) is 2.12. The number of hydrogen-bond acceptors (Lipinski definition) is 3. The molecule has 1 aliphatic carbocycles. The van der Waals surface area contributed by atoms with Gasteiger partial charge in [0.15, 0.2) is 0 Å². The molecular weight excluding hydrogens is 248 g/mol. The van der Waals surface area contributed by atoms with Crippen molar-refractivity contribution in [3.05, 3.63) is 18.2 Å². The lowest BCUT2D eigenvalue weighted by atomic mass is 9.61. The number of nitrogens with zero attached hydrogens (tertiary/aromatic N) is 2. The maximum atomic E-state index is 12.5. The van der Waals surface area contributed by atoms with Gasteiger partial charge in [0.2, 0.25) is 5.91 Å². The Hall–Kier alpha value is -1.43. The Kier molecular flexibility index (Phi) is 3.38. The van der Waals surface area contributed by atoms with Crippen molar-refractivity contribution < 1.29 is 4.79 Å². The summed E-state index contributed by atoms with van der Waals surface area (Å²) in [6.45, 7) is 2.56. The largest absolute Gasteiger partial charge is 0.392 e. The van der Waals surface area contributed by atoms with Crippen LogP contribution in [0.2, 0.25) is 0 Å². The third-order valence-electron chi connectivity index (χ3n) is 3.56. The molecule has 0 radical (unpaired) electrons. The number of thiocarbonyl (C=S) groups is 1. The molecule has 0 unspecified atom stereocenters.